The molecule has 5 nitrogen and oxygen atoms in total. The zero-order valence-corrected chi connectivity index (χ0v) is 11.5. The minimum absolute atomic E-state index is 0.500. The Balaban J connectivity index is 2.85. The fourth-order valence-corrected chi connectivity index (χ4v) is 1.67. The molecular weight excluding hydrogens is 243 g/mol. The Kier molecular flexibility index (Phi) is 5.75. The van der Waals surface area contributed by atoms with E-state index in [1.165, 1.54) is 0 Å². The van der Waals surface area contributed by atoms with Crippen molar-refractivity contribution in [2.75, 3.05) is 14.1 Å². The van der Waals surface area contributed by atoms with Gasteiger partial charge in [-0.25, -0.2) is 5.48 Å². The Morgan fingerprint density at radius 2 is 2.26 bits per heavy atom. The Hall–Kier alpha value is -1.63. The molecule has 0 unspecified atom stereocenters. The van der Waals surface area contributed by atoms with Crippen molar-refractivity contribution in [3.8, 4) is 0 Å². The first-order valence-electron chi connectivity index (χ1n) is 5.94. The number of carbonyl (C=O) groups is 1. The third-order valence-electron chi connectivity index (χ3n) is 2.51. The number of carbonyl (C=O) groups excluding carboxylic acids is 1. The van der Waals surface area contributed by atoms with Crippen molar-refractivity contribution in [3.63, 3.8) is 0 Å². The van der Waals surface area contributed by atoms with Gasteiger partial charge in [0.2, 0.25) is 0 Å². The molecule has 0 saturated carbocycles. The molecular formula is C13H19BN2O3. The van der Waals surface area contributed by atoms with Gasteiger partial charge >= 0.3 is 7.12 Å². The summed E-state index contributed by atoms with van der Waals surface area (Å²) in [5.74, 6) is -0.500. The van der Waals surface area contributed by atoms with Crippen LogP contribution >= 0.6 is 0 Å². The van der Waals surface area contributed by atoms with Crippen LogP contribution in [0, 0.1) is 6.92 Å². The predicted octanol–water partition coefficient (Wildman–Crippen LogP) is -0.0221. The van der Waals surface area contributed by atoms with E-state index in [1.807, 2.05) is 38.1 Å². The molecule has 0 atom stereocenters. The van der Waals surface area contributed by atoms with Gasteiger partial charge in [0, 0.05) is 6.54 Å². The third-order valence-corrected chi connectivity index (χ3v) is 2.51. The van der Waals surface area contributed by atoms with E-state index >= 15 is 0 Å². The van der Waals surface area contributed by atoms with Crippen molar-refractivity contribution in [3.05, 3.63) is 42.0 Å². The average molecular weight is 262 g/mol. The zero-order valence-electron chi connectivity index (χ0n) is 11.5. The van der Waals surface area contributed by atoms with Crippen molar-refractivity contribution in [1.82, 2.24) is 10.4 Å². The Morgan fingerprint density at radius 1 is 1.58 bits per heavy atom. The lowest BCUT2D eigenvalue weighted by atomic mass is 9.76. The van der Waals surface area contributed by atoms with Gasteiger partial charge in [0.1, 0.15) is 0 Å². The quantitative estimate of drug-likeness (QED) is 0.429. The molecule has 0 bridgehead atoms. The van der Waals surface area contributed by atoms with E-state index in [0.717, 1.165) is 17.2 Å². The van der Waals surface area contributed by atoms with E-state index in [0.29, 0.717) is 12.0 Å². The van der Waals surface area contributed by atoms with Crippen LogP contribution in [0.25, 0.3) is 0 Å². The number of amides is 1. The van der Waals surface area contributed by atoms with Crippen LogP contribution in [0.15, 0.2) is 30.9 Å². The summed E-state index contributed by atoms with van der Waals surface area (Å²) in [5, 5.41) is 9.96. The van der Waals surface area contributed by atoms with Gasteiger partial charge in [-0.05, 0) is 38.1 Å². The molecule has 102 valence electrons. The van der Waals surface area contributed by atoms with Gasteiger partial charge in [-0.1, -0.05) is 30.3 Å². The minimum atomic E-state index is -1.21. The fraction of sp³-hybridized carbons (Fsp3) is 0.308. The first kappa shape index (κ1) is 15.4. The maximum Gasteiger partial charge on any atom is 0.514 e. The van der Waals surface area contributed by atoms with Gasteiger partial charge in [0.15, 0.2) is 0 Å². The second-order valence-corrected chi connectivity index (χ2v) is 4.58. The highest BCUT2D eigenvalue weighted by Gasteiger charge is 2.21. The molecule has 19 heavy (non-hydrogen) atoms. The molecule has 0 spiro atoms. The SMILES string of the molecule is C=CC(=O)NOB(O)c1ccc(C)cc1CN(C)C. The van der Waals surface area contributed by atoms with Crippen LogP contribution in [-0.4, -0.2) is 37.0 Å². The summed E-state index contributed by atoms with van der Waals surface area (Å²) in [7, 11) is 2.68. The highest BCUT2D eigenvalue weighted by molar-refractivity contribution is 6.60. The number of aryl methyl sites for hydroxylation is 1. The lowest BCUT2D eigenvalue weighted by Gasteiger charge is -2.16. The van der Waals surface area contributed by atoms with Crippen molar-refractivity contribution >= 4 is 18.5 Å². The molecule has 0 fully saturated rings. The molecule has 0 heterocycles. The van der Waals surface area contributed by atoms with Gasteiger partial charge in [0.25, 0.3) is 5.91 Å². The molecule has 1 aromatic rings. The minimum Gasteiger partial charge on any atom is -0.422 e. The molecule has 0 aliphatic heterocycles. The predicted molar refractivity (Wildman–Crippen MR) is 75.6 cm³/mol. The topological polar surface area (TPSA) is 61.8 Å². The smallest absolute Gasteiger partial charge is 0.422 e. The van der Waals surface area contributed by atoms with Crippen LogP contribution < -0.4 is 10.9 Å². The Morgan fingerprint density at radius 3 is 2.84 bits per heavy atom. The number of hydrogen-bond donors (Lipinski definition) is 2. The molecule has 1 rings (SSSR count). The first-order valence-corrected chi connectivity index (χ1v) is 5.94. The number of benzene rings is 1. The van der Waals surface area contributed by atoms with Gasteiger partial charge in [-0.2, -0.15) is 0 Å². The normalized spacial score (nSPS) is 10.4. The Labute approximate surface area is 114 Å². The molecule has 0 radical (unpaired) electrons. The standard InChI is InChI=1S/C13H19BN2O3/c1-5-13(17)15-19-14(18)12-7-6-10(2)8-11(12)9-16(3)4/h5-8,18H,1,9H2,2-4H3,(H,15,17). The van der Waals surface area contributed by atoms with E-state index in [1.54, 1.807) is 6.07 Å². The van der Waals surface area contributed by atoms with E-state index < -0.39 is 13.0 Å². The molecule has 0 aliphatic carbocycles. The largest absolute Gasteiger partial charge is 0.514 e. The van der Waals surface area contributed by atoms with Crippen LogP contribution in [0.5, 0.6) is 0 Å². The van der Waals surface area contributed by atoms with Gasteiger partial charge in [-0.15, -0.1) is 0 Å². The summed E-state index contributed by atoms with van der Waals surface area (Å²) in [4.78, 5) is 13.0. The number of nitrogens with one attached hydrogen (secondary N) is 1. The van der Waals surface area contributed by atoms with Crippen molar-refractivity contribution in [2.24, 2.45) is 0 Å². The van der Waals surface area contributed by atoms with E-state index in [2.05, 4.69) is 12.1 Å². The van der Waals surface area contributed by atoms with Gasteiger partial charge in [0.05, 0.1) is 0 Å². The number of hydrogen-bond acceptors (Lipinski definition) is 4. The van der Waals surface area contributed by atoms with Crippen molar-refractivity contribution in [2.45, 2.75) is 13.5 Å². The van der Waals surface area contributed by atoms with E-state index in [-0.39, 0.29) is 0 Å². The molecule has 0 aliphatic rings. The second kappa shape index (κ2) is 7.08. The van der Waals surface area contributed by atoms with E-state index in [4.69, 9.17) is 4.76 Å². The molecule has 0 saturated heterocycles. The highest BCUT2D eigenvalue weighted by Crippen LogP contribution is 2.05. The molecule has 0 aromatic heterocycles. The fourth-order valence-electron chi connectivity index (χ4n) is 1.67. The summed E-state index contributed by atoms with van der Waals surface area (Å²) >= 11 is 0. The van der Waals surface area contributed by atoms with Gasteiger partial charge in [-0.3, -0.25) is 9.55 Å². The van der Waals surface area contributed by atoms with E-state index in [9.17, 15) is 9.82 Å². The van der Waals surface area contributed by atoms with Crippen LogP contribution in [0.4, 0.5) is 0 Å². The maximum absolute atomic E-state index is 11.0. The summed E-state index contributed by atoms with van der Waals surface area (Å²) < 4.78 is 4.91. The third kappa shape index (κ3) is 4.86. The van der Waals surface area contributed by atoms with Crippen LogP contribution in [0.1, 0.15) is 11.1 Å². The molecule has 6 heteroatoms. The van der Waals surface area contributed by atoms with Crippen LogP contribution in [0.2, 0.25) is 0 Å². The average Bonchev–Trinajstić information content (AvgIpc) is 2.35. The molecule has 1 aromatic carbocycles. The first-order chi connectivity index (χ1) is 8.93. The Bertz CT molecular complexity index is 463. The van der Waals surface area contributed by atoms with Crippen LogP contribution in [-0.2, 0) is 16.1 Å². The number of rotatable bonds is 6. The van der Waals surface area contributed by atoms with Gasteiger partial charge < -0.3 is 9.92 Å². The monoisotopic (exact) mass is 262 g/mol. The maximum atomic E-state index is 11.0. The second-order valence-electron chi connectivity index (χ2n) is 4.58. The number of hydroxylamine groups is 1. The highest BCUT2D eigenvalue weighted by atomic mass is 16.7. The zero-order chi connectivity index (χ0) is 14.4. The van der Waals surface area contributed by atoms with Crippen molar-refractivity contribution < 1.29 is 14.6 Å². The summed E-state index contributed by atoms with van der Waals surface area (Å²) in [6.07, 6.45) is 1.07. The summed E-state index contributed by atoms with van der Waals surface area (Å²) in [6.45, 7) is 5.95. The van der Waals surface area contributed by atoms with Crippen molar-refractivity contribution in [1.29, 1.82) is 0 Å². The molecule has 1 amide bonds. The summed E-state index contributed by atoms with van der Waals surface area (Å²) in [5.41, 5.74) is 4.78. The van der Waals surface area contributed by atoms with Crippen LogP contribution in [0.3, 0.4) is 0 Å². The number of nitrogens with zero attached hydrogens (tertiary/aromatic N) is 1. The molecule has 2 N–H and O–H groups in total. The lowest BCUT2D eigenvalue weighted by molar-refractivity contribution is -0.123. The lowest BCUT2D eigenvalue weighted by Crippen LogP contribution is -2.42. The summed E-state index contributed by atoms with van der Waals surface area (Å²) in [6, 6.07) is 5.66.